The molecule has 1 heterocycles. The fourth-order valence-electron chi connectivity index (χ4n) is 1.13. The number of aromatic amines is 1. The van der Waals surface area contributed by atoms with Gasteiger partial charge in [-0.1, -0.05) is 11.6 Å². The summed E-state index contributed by atoms with van der Waals surface area (Å²) in [6.07, 6.45) is 1.52. The minimum atomic E-state index is -0.483. The molecule has 0 saturated carbocycles. The van der Waals surface area contributed by atoms with Gasteiger partial charge >= 0.3 is 0 Å². The molecule has 2 rings (SSSR count). The number of hydrogen-bond acceptors (Lipinski definition) is 3. The van der Waals surface area contributed by atoms with Crippen molar-refractivity contribution in [3.63, 3.8) is 0 Å². The van der Waals surface area contributed by atoms with Crippen molar-refractivity contribution in [1.82, 2.24) is 10.2 Å². The highest BCUT2D eigenvalue weighted by Gasteiger charge is 2.04. The van der Waals surface area contributed by atoms with E-state index in [-0.39, 0.29) is 5.02 Å². The van der Waals surface area contributed by atoms with Crippen molar-refractivity contribution < 1.29 is 4.39 Å². The predicted molar refractivity (Wildman–Crippen MR) is 57.7 cm³/mol. The number of nitrogens with zero attached hydrogens (tertiary/aromatic N) is 1. The Balaban J connectivity index is 2.25. The van der Waals surface area contributed by atoms with Gasteiger partial charge in [0.05, 0.1) is 11.2 Å². The number of benzene rings is 1. The largest absolute Gasteiger partial charge is 0.382 e. The maximum Gasteiger partial charge on any atom is 0.143 e. The number of rotatable bonds is 2. The van der Waals surface area contributed by atoms with Crippen LogP contribution in [-0.4, -0.2) is 10.2 Å². The third-order valence-electron chi connectivity index (χ3n) is 1.87. The summed E-state index contributed by atoms with van der Waals surface area (Å²) in [4.78, 5) is 0. The second-order valence-corrected chi connectivity index (χ2v) is 3.36. The van der Waals surface area contributed by atoms with Gasteiger partial charge in [0.25, 0.3) is 0 Å². The Morgan fingerprint density at radius 1 is 1.47 bits per heavy atom. The fraction of sp³-hybridized carbons (Fsp3) is 0. The Morgan fingerprint density at radius 2 is 2.27 bits per heavy atom. The summed E-state index contributed by atoms with van der Waals surface area (Å²) in [5.74, 6) is -0.0888. The van der Waals surface area contributed by atoms with Gasteiger partial charge in [-0.3, -0.25) is 5.10 Å². The maximum absolute atomic E-state index is 13.1. The summed E-state index contributed by atoms with van der Waals surface area (Å²) < 4.78 is 13.1. The summed E-state index contributed by atoms with van der Waals surface area (Å²) in [6, 6.07) is 4.40. The molecule has 15 heavy (non-hydrogen) atoms. The van der Waals surface area contributed by atoms with Gasteiger partial charge in [0.2, 0.25) is 0 Å². The monoisotopic (exact) mass is 226 g/mol. The number of aromatic nitrogens is 2. The number of H-pyrrole nitrogens is 1. The molecule has 0 bridgehead atoms. The van der Waals surface area contributed by atoms with E-state index < -0.39 is 5.82 Å². The van der Waals surface area contributed by atoms with Gasteiger partial charge < -0.3 is 11.1 Å². The molecule has 0 aliphatic carbocycles. The van der Waals surface area contributed by atoms with Gasteiger partial charge in [0, 0.05) is 5.69 Å². The third-order valence-corrected chi connectivity index (χ3v) is 2.17. The first-order valence-electron chi connectivity index (χ1n) is 4.18. The molecule has 6 heteroatoms. The van der Waals surface area contributed by atoms with Gasteiger partial charge in [-0.25, -0.2) is 4.39 Å². The molecule has 0 fully saturated rings. The lowest BCUT2D eigenvalue weighted by molar-refractivity contribution is 0.629. The summed E-state index contributed by atoms with van der Waals surface area (Å²) in [7, 11) is 0. The molecule has 0 amide bonds. The van der Waals surface area contributed by atoms with Crippen LogP contribution in [0.3, 0.4) is 0 Å². The van der Waals surface area contributed by atoms with Gasteiger partial charge in [0.1, 0.15) is 17.3 Å². The second-order valence-electron chi connectivity index (χ2n) is 2.95. The standard InChI is InChI=1S/C9H8ClFN4/c10-6-2-1-5(3-7(6)11)14-8-4-13-15-9(8)12/h1-4,14H,(H3,12,13,15). The minimum absolute atomic E-state index is 0.0840. The summed E-state index contributed by atoms with van der Waals surface area (Å²) in [5.41, 5.74) is 6.71. The molecule has 0 spiro atoms. The van der Waals surface area contributed by atoms with Crippen LogP contribution < -0.4 is 11.1 Å². The molecule has 2 aromatic rings. The molecule has 1 aromatic carbocycles. The summed E-state index contributed by atoms with van der Waals surface area (Å²) in [6.45, 7) is 0. The lowest BCUT2D eigenvalue weighted by Gasteiger charge is -2.04. The van der Waals surface area contributed by atoms with Crippen LogP contribution in [-0.2, 0) is 0 Å². The van der Waals surface area contributed by atoms with E-state index in [4.69, 9.17) is 17.3 Å². The van der Waals surface area contributed by atoms with Crippen LogP contribution in [0, 0.1) is 5.82 Å². The second kappa shape index (κ2) is 3.78. The Bertz CT molecular complexity index is 483. The Labute approximate surface area is 90.2 Å². The maximum atomic E-state index is 13.1. The molecule has 0 unspecified atom stereocenters. The first-order chi connectivity index (χ1) is 7.16. The van der Waals surface area contributed by atoms with Gasteiger partial charge in [-0.05, 0) is 18.2 Å². The zero-order valence-corrected chi connectivity index (χ0v) is 8.35. The predicted octanol–water partition coefficient (Wildman–Crippen LogP) is 2.53. The van der Waals surface area contributed by atoms with Crippen LogP contribution in [0.1, 0.15) is 0 Å². The highest BCUT2D eigenvalue weighted by molar-refractivity contribution is 6.30. The van der Waals surface area contributed by atoms with E-state index in [2.05, 4.69) is 15.5 Å². The van der Waals surface area contributed by atoms with Crippen molar-refractivity contribution in [2.45, 2.75) is 0 Å². The normalized spacial score (nSPS) is 10.3. The number of halogens is 2. The summed E-state index contributed by atoms with van der Waals surface area (Å²) >= 11 is 5.55. The molecule has 0 saturated heterocycles. The smallest absolute Gasteiger partial charge is 0.143 e. The van der Waals surface area contributed by atoms with Crippen LogP contribution in [0.2, 0.25) is 5.02 Å². The zero-order valence-electron chi connectivity index (χ0n) is 7.59. The fourth-order valence-corrected chi connectivity index (χ4v) is 1.24. The number of nitrogens with one attached hydrogen (secondary N) is 2. The van der Waals surface area contributed by atoms with E-state index in [0.717, 1.165) is 0 Å². The quantitative estimate of drug-likeness (QED) is 0.737. The molecule has 0 aliphatic heterocycles. The van der Waals surface area contributed by atoms with E-state index in [1.165, 1.54) is 18.3 Å². The van der Waals surface area contributed by atoms with Gasteiger partial charge in [-0.2, -0.15) is 5.10 Å². The van der Waals surface area contributed by atoms with E-state index in [1.54, 1.807) is 6.07 Å². The van der Waals surface area contributed by atoms with Gasteiger partial charge in [0.15, 0.2) is 0 Å². The lowest BCUT2D eigenvalue weighted by Crippen LogP contribution is -1.94. The van der Waals surface area contributed by atoms with Crippen LogP contribution >= 0.6 is 11.6 Å². The minimum Gasteiger partial charge on any atom is -0.382 e. The van der Waals surface area contributed by atoms with Crippen molar-refractivity contribution in [1.29, 1.82) is 0 Å². The average molecular weight is 227 g/mol. The zero-order chi connectivity index (χ0) is 10.8. The Hall–Kier alpha value is -1.75. The van der Waals surface area contributed by atoms with Crippen LogP contribution in [0.5, 0.6) is 0 Å². The highest BCUT2D eigenvalue weighted by Crippen LogP contribution is 2.23. The first-order valence-corrected chi connectivity index (χ1v) is 4.55. The van der Waals surface area contributed by atoms with E-state index >= 15 is 0 Å². The molecule has 0 radical (unpaired) electrons. The Kier molecular flexibility index (Phi) is 2.47. The number of hydrogen-bond donors (Lipinski definition) is 3. The molecular weight excluding hydrogens is 219 g/mol. The highest BCUT2D eigenvalue weighted by atomic mass is 35.5. The molecule has 4 nitrogen and oxygen atoms in total. The van der Waals surface area contributed by atoms with Crippen molar-refractivity contribution in [2.24, 2.45) is 0 Å². The molecule has 1 aromatic heterocycles. The van der Waals surface area contributed by atoms with Crippen LogP contribution in [0.15, 0.2) is 24.4 Å². The van der Waals surface area contributed by atoms with Crippen LogP contribution in [0.25, 0.3) is 0 Å². The number of anilines is 3. The SMILES string of the molecule is Nc1[nH]ncc1Nc1ccc(Cl)c(F)c1. The lowest BCUT2D eigenvalue weighted by atomic mass is 10.3. The molecule has 0 atom stereocenters. The molecular formula is C9H8ClFN4. The van der Waals surface area contributed by atoms with Crippen molar-refractivity contribution >= 4 is 28.8 Å². The van der Waals surface area contributed by atoms with E-state index in [1.807, 2.05) is 0 Å². The van der Waals surface area contributed by atoms with Crippen molar-refractivity contribution in [3.8, 4) is 0 Å². The molecule has 4 N–H and O–H groups in total. The first kappa shape index (κ1) is 9.79. The number of nitrogen functional groups attached to an aromatic ring is 1. The van der Waals surface area contributed by atoms with E-state index in [9.17, 15) is 4.39 Å². The summed E-state index contributed by atoms with van der Waals surface area (Å²) in [5, 5.41) is 9.27. The average Bonchev–Trinajstić information content (AvgIpc) is 2.59. The topological polar surface area (TPSA) is 66.7 Å². The van der Waals surface area contributed by atoms with Crippen molar-refractivity contribution in [2.75, 3.05) is 11.1 Å². The molecule has 78 valence electrons. The van der Waals surface area contributed by atoms with Gasteiger partial charge in [-0.15, -0.1) is 0 Å². The van der Waals surface area contributed by atoms with E-state index in [0.29, 0.717) is 17.2 Å². The number of nitrogens with two attached hydrogens (primary N) is 1. The Morgan fingerprint density at radius 3 is 2.87 bits per heavy atom. The van der Waals surface area contributed by atoms with Crippen LogP contribution in [0.4, 0.5) is 21.6 Å². The van der Waals surface area contributed by atoms with Crippen molar-refractivity contribution in [3.05, 3.63) is 35.2 Å². The third kappa shape index (κ3) is 2.02. The molecule has 0 aliphatic rings.